The van der Waals surface area contributed by atoms with Crippen molar-refractivity contribution in [3.8, 4) is 0 Å². The van der Waals surface area contributed by atoms with Crippen molar-refractivity contribution in [3.63, 3.8) is 0 Å². The number of anilines is 1. The predicted molar refractivity (Wildman–Crippen MR) is 113 cm³/mol. The molecule has 1 aliphatic heterocycles. The number of nitrogens with zero attached hydrogens (tertiary/aromatic N) is 1. The van der Waals surface area contributed by atoms with Gasteiger partial charge in [0, 0.05) is 28.7 Å². The number of carbonyl (C=O) groups excluding carboxylic acids is 1. The van der Waals surface area contributed by atoms with Crippen LogP contribution >= 0.6 is 0 Å². The molecule has 28 heavy (non-hydrogen) atoms. The van der Waals surface area contributed by atoms with Crippen LogP contribution in [0.4, 0.5) is 10.5 Å². The van der Waals surface area contributed by atoms with Crippen molar-refractivity contribution in [3.05, 3.63) is 52.3 Å². The van der Waals surface area contributed by atoms with E-state index in [4.69, 9.17) is 0 Å². The van der Waals surface area contributed by atoms with Crippen molar-refractivity contribution < 1.29 is 4.79 Å². The normalized spacial score (nSPS) is 20.2. The first-order valence-corrected chi connectivity index (χ1v) is 10.3. The molecule has 2 amide bonds. The summed E-state index contributed by atoms with van der Waals surface area (Å²) < 4.78 is 0. The lowest BCUT2D eigenvalue weighted by Crippen LogP contribution is -2.27. The van der Waals surface area contributed by atoms with Gasteiger partial charge >= 0.3 is 6.03 Å². The molecule has 1 aromatic carbocycles. The Labute approximate surface area is 166 Å². The molecule has 0 spiro atoms. The Balaban J connectivity index is 1.45. The van der Waals surface area contributed by atoms with Gasteiger partial charge in [-0.05, 0) is 75.3 Å². The third-order valence-electron chi connectivity index (χ3n) is 5.78. The summed E-state index contributed by atoms with van der Waals surface area (Å²) in [6.07, 6.45) is 6.28. The number of aryl methyl sites for hydroxylation is 2. The average Bonchev–Trinajstić information content (AvgIpc) is 3.34. The summed E-state index contributed by atoms with van der Waals surface area (Å²) in [5, 5.41) is 10.9. The van der Waals surface area contributed by atoms with Crippen LogP contribution in [0.3, 0.4) is 0 Å². The van der Waals surface area contributed by atoms with E-state index in [1.807, 2.05) is 18.2 Å². The molecule has 1 atom stereocenters. The highest BCUT2D eigenvalue weighted by Gasteiger charge is 2.23. The zero-order valence-corrected chi connectivity index (χ0v) is 16.7. The molecule has 4 N–H and O–H groups in total. The van der Waals surface area contributed by atoms with Crippen molar-refractivity contribution in [2.75, 3.05) is 11.9 Å². The maximum absolute atomic E-state index is 12.4. The molecule has 6 heteroatoms. The summed E-state index contributed by atoms with van der Waals surface area (Å²) in [5.41, 5.74) is 10.7. The Hall–Kier alpha value is -2.60. The number of hydrazone groups is 1. The Kier molecular flexibility index (Phi) is 5.48. The number of carbonyl (C=O) groups is 1. The number of aromatic amines is 1. The number of nitrogens with one attached hydrogen (secondary N) is 4. The van der Waals surface area contributed by atoms with Crippen LogP contribution in [-0.4, -0.2) is 23.3 Å². The maximum atomic E-state index is 12.4. The maximum Gasteiger partial charge on any atom is 0.339 e. The SMILES string of the molecule is CCc1c(C)[nH]c2c1/C(=N/NC(=O)Nc1cccc(C3CCCN3)c1)CCC2. The van der Waals surface area contributed by atoms with E-state index in [1.54, 1.807) is 0 Å². The van der Waals surface area contributed by atoms with E-state index in [0.29, 0.717) is 6.04 Å². The van der Waals surface area contributed by atoms with Gasteiger partial charge in [-0.2, -0.15) is 5.10 Å². The van der Waals surface area contributed by atoms with E-state index in [2.05, 4.69) is 46.1 Å². The standard InChI is InChI=1S/C22H29N5O/c1-3-17-14(2)24-19-9-5-10-20(21(17)19)26-27-22(28)25-16-8-4-7-15(13-16)18-11-6-12-23-18/h4,7-8,13,18,23-24H,3,5-6,9-12H2,1-2H3,(H2,25,27,28)/b26-20+. The molecule has 0 saturated carbocycles. The lowest BCUT2D eigenvalue weighted by atomic mass is 9.91. The van der Waals surface area contributed by atoms with Crippen molar-refractivity contribution in [2.45, 2.75) is 58.4 Å². The monoisotopic (exact) mass is 379 g/mol. The highest BCUT2D eigenvalue weighted by molar-refractivity contribution is 6.04. The highest BCUT2D eigenvalue weighted by Crippen LogP contribution is 2.28. The van der Waals surface area contributed by atoms with Gasteiger partial charge in [-0.3, -0.25) is 0 Å². The lowest BCUT2D eigenvalue weighted by molar-refractivity contribution is 0.252. The molecular weight excluding hydrogens is 350 g/mol. The molecule has 2 aliphatic rings. The number of H-pyrrole nitrogens is 1. The first kappa shape index (κ1) is 18.7. The Morgan fingerprint density at radius 2 is 2.18 bits per heavy atom. The summed E-state index contributed by atoms with van der Waals surface area (Å²) in [6, 6.07) is 8.13. The molecule has 1 unspecified atom stereocenters. The Morgan fingerprint density at radius 3 is 2.96 bits per heavy atom. The third kappa shape index (κ3) is 3.83. The van der Waals surface area contributed by atoms with Crippen LogP contribution in [0, 0.1) is 6.92 Å². The van der Waals surface area contributed by atoms with Gasteiger partial charge < -0.3 is 15.6 Å². The van der Waals surface area contributed by atoms with Crippen molar-refractivity contribution in [1.82, 2.24) is 15.7 Å². The lowest BCUT2D eigenvalue weighted by Gasteiger charge is -2.16. The number of urea groups is 1. The second kappa shape index (κ2) is 8.19. The molecule has 2 heterocycles. The van der Waals surface area contributed by atoms with Crippen LogP contribution in [-0.2, 0) is 12.8 Å². The quantitative estimate of drug-likeness (QED) is 0.601. The summed E-state index contributed by atoms with van der Waals surface area (Å²) in [6.45, 7) is 5.33. The van der Waals surface area contributed by atoms with Crippen molar-refractivity contribution in [2.24, 2.45) is 5.10 Å². The van der Waals surface area contributed by atoms with Crippen molar-refractivity contribution >= 4 is 17.4 Å². The fourth-order valence-corrected chi connectivity index (χ4v) is 4.46. The smallest absolute Gasteiger partial charge is 0.339 e. The molecular formula is C22H29N5O. The predicted octanol–water partition coefficient (Wildman–Crippen LogP) is 4.17. The van der Waals surface area contributed by atoms with Gasteiger partial charge in [-0.25, -0.2) is 10.2 Å². The second-order valence-electron chi connectivity index (χ2n) is 7.69. The van der Waals surface area contributed by atoms with E-state index < -0.39 is 0 Å². The summed E-state index contributed by atoms with van der Waals surface area (Å²) in [5.74, 6) is 0. The van der Waals surface area contributed by atoms with E-state index >= 15 is 0 Å². The minimum atomic E-state index is -0.304. The van der Waals surface area contributed by atoms with Gasteiger partial charge in [0.25, 0.3) is 0 Å². The topological polar surface area (TPSA) is 81.3 Å². The number of fused-ring (bicyclic) bond motifs is 1. The number of rotatable bonds is 4. The van der Waals surface area contributed by atoms with Gasteiger partial charge in [-0.1, -0.05) is 19.1 Å². The van der Waals surface area contributed by atoms with E-state index in [9.17, 15) is 4.79 Å². The zero-order valence-electron chi connectivity index (χ0n) is 16.7. The molecule has 1 aromatic heterocycles. The molecule has 6 nitrogen and oxygen atoms in total. The number of amides is 2. The first-order chi connectivity index (χ1) is 13.7. The molecule has 148 valence electrons. The van der Waals surface area contributed by atoms with Crippen LogP contribution in [0.2, 0.25) is 0 Å². The zero-order chi connectivity index (χ0) is 19.5. The molecule has 2 aromatic rings. The van der Waals surface area contributed by atoms with Crippen LogP contribution in [0.25, 0.3) is 0 Å². The molecule has 1 fully saturated rings. The number of hydrogen-bond acceptors (Lipinski definition) is 3. The second-order valence-corrected chi connectivity index (χ2v) is 7.69. The summed E-state index contributed by atoms with van der Waals surface area (Å²) >= 11 is 0. The molecule has 1 saturated heterocycles. The fraction of sp³-hybridized carbons (Fsp3) is 0.455. The van der Waals surface area contributed by atoms with Crippen LogP contribution in [0.1, 0.15) is 66.7 Å². The fourth-order valence-electron chi connectivity index (χ4n) is 4.46. The highest BCUT2D eigenvalue weighted by atomic mass is 16.2. The average molecular weight is 380 g/mol. The minimum Gasteiger partial charge on any atom is -0.362 e. The van der Waals surface area contributed by atoms with Gasteiger partial charge in [-0.15, -0.1) is 0 Å². The van der Waals surface area contributed by atoms with Gasteiger partial charge in [0.15, 0.2) is 0 Å². The molecule has 0 radical (unpaired) electrons. The Morgan fingerprint density at radius 1 is 1.29 bits per heavy atom. The Bertz CT molecular complexity index is 892. The number of hydrogen-bond donors (Lipinski definition) is 4. The summed E-state index contributed by atoms with van der Waals surface area (Å²) in [4.78, 5) is 15.9. The van der Waals surface area contributed by atoms with Crippen LogP contribution in [0.15, 0.2) is 29.4 Å². The summed E-state index contributed by atoms with van der Waals surface area (Å²) in [7, 11) is 0. The van der Waals surface area contributed by atoms with Crippen molar-refractivity contribution in [1.29, 1.82) is 0 Å². The number of aromatic nitrogens is 1. The van der Waals surface area contributed by atoms with E-state index in [-0.39, 0.29) is 6.03 Å². The van der Waals surface area contributed by atoms with Gasteiger partial charge in [0.05, 0.1) is 5.71 Å². The number of benzene rings is 1. The van der Waals surface area contributed by atoms with Crippen LogP contribution < -0.4 is 16.1 Å². The van der Waals surface area contributed by atoms with Gasteiger partial charge in [0.2, 0.25) is 0 Å². The van der Waals surface area contributed by atoms with E-state index in [0.717, 1.165) is 50.0 Å². The molecule has 4 rings (SSSR count). The first-order valence-electron chi connectivity index (χ1n) is 10.3. The minimum absolute atomic E-state index is 0.304. The largest absolute Gasteiger partial charge is 0.362 e. The third-order valence-corrected chi connectivity index (χ3v) is 5.78. The van der Waals surface area contributed by atoms with E-state index in [1.165, 1.54) is 34.5 Å². The molecule has 0 bridgehead atoms. The van der Waals surface area contributed by atoms with Gasteiger partial charge in [0.1, 0.15) is 0 Å². The molecule has 1 aliphatic carbocycles. The van der Waals surface area contributed by atoms with Crippen LogP contribution in [0.5, 0.6) is 0 Å².